The standard InChI is InChI=1S/C28H34N2O6/c1-20-10-5-7-12-22(20)18-24(23-13-8-6-11-21(23)2)35-19-25(31)29-17-9-3-4-14-28(34)36-30-26(32)15-16-27(30)33/h5-8,10-13,24H,3-4,9,14-19H2,1-2H3,(H,29,31). The number of amides is 3. The number of carbonyl (C=O) groups excluding carboxylic acids is 4. The minimum Gasteiger partial charge on any atom is -0.363 e. The Kier molecular flexibility index (Phi) is 10.2. The van der Waals surface area contributed by atoms with Gasteiger partial charge in [-0.05, 0) is 48.9 Å². The third-order valence-electron chi connectivity index (χ3n) is 6.20. The Balaban J connectivity index is 1.38. The van der Waals surface area contributed by atoms with Gasteiger partial charge in [-0.1, -0.05) is 55.0 Å². The first-order valence-electron chi connectivity index (χ1n) is 12.4. The molecule has 0 spiro atoms. The second-order valence-electron chi connectivity index (χ2n) is 8.99. The van der Waals surface area contributed by atoms with E-state index in [9.17, 15) is 19.2 Å². The van der Waals surface area contributed by atoms with Crippen molar-refractivity contribution >= 4 is 23.7 Å². The Morgan fingerprint density at radius 2 is 1.58 bits per heavy atom. The SMILES string of the molecule is Cc1ccccc1CC(OCC(=O)NCCCCCC(=O)ON1C(=O)CCC1=O)c1ccccc1C. The van der Waals surface area contributed by atoms with E-state index in [0.29, 0.717) is 37.3 Å². The van der Waals surface area contributed by atoms with E-state index in [1.807, 2.05) is 43.3 Å². The highest BCUT2D eigenvalue weighted by atomic mass is 16.7. The van der Waals surface area contributed by atoms with E-state index < -0.39 is 17.8 Å². The zero-order chi connectivity index (χ0) is 25.9. The third-order valence-corrected chi connectivity index (χ3v) is 6.20. The largest absolute Gasteiger partial charge is 0.363 e. The van der Waals surface area contributed by atoms with Gasteiger partial charge >= 0.3 is 5.97 Å². The summed E-state index contributed by atoms with van der Waals surface area (Å²) in [5.41, 5.74) is 4.56. The van der Waals surface area contributed by atoms with Crippen molar-refractivity contribution in [2.45, 2.75) is 64.9 Å². The summed E-state index contributed by atoms with van der Waals surface area (Å²) in [6, 6.07) is 16.2. The van der Waals surface area contributed by atoms with Crippen molar-refractivity contribution in [3.8, 4) is 0 Å². The van der Waals surface area contributed by atoms with Gasteiger partial charge in [-0.2, -0.15) is 0 Å². The molecule has 2 aromatic rings. The maximum Gasteiger partial charge on any atom is 0.333 e. The summed E-state index contributed by atoms with van der Waals surface area (Å²) in [5, 5.41) is 3.42. The number of imide groups is 1. The van der Waals surface area contributed by atoms with E-state index >= 15 is 0 Å². The molecule has 0 aliphatic carbocycles. The molecule has 1 heterocycles. The molecular formula is C28H34N2O6. The number of nitrogens with zero attached hydrogens (tertiary/aromatic N) is 1. The van der Waals surface area contributed by atoms with Gasteiger partial charge in [-0.3, -0.25) is 14.4 Å². The molecule has 0 bridgehead atoms. The molecule has 0 aromatic heterocycles. The minimum absolute atomic E-state index is 0.0465. The fraction of sp³-hybridized carbons (Fsp3) is 0.429. The number of benzene rings is 2. The van der Waals surface area contributed by atoms with Gasteiger partial charge < -0.3 is 14.9 Å². The molecule has 1 aliphatic heterocycles. The van der Waals surface area contributed by atoms with Crippen LogP contribution in [-0.2, 0) is 35.2 Å². The maximum atomic E-state index is 12.4. The fourth-order valence-electron chi connectivity index (χ4n) is 4.08. The zero-order valence-corrected chi connectivity index (χ0v) is 21.0. The van der Waals surface area contributed by atoms with Gasteiger partial charge in [0.2, 0.25) is 5.91 Å². The number of hydrogen-bond acceptors (Lipinski definition) is 6. The molecule has 0 radical (unpaired) electrons. The number of hydrogen-bond donors (Lipinski definition) is 1. The molecule has 3 amide bonds. The van der Waals surface area contributed by atoms with Crippen LogP contribution >= 0.6 is 0 Å². The van der Waals surface area contributed by atoms with E-state index in [2.05, 4.69) is 24.4 Å². The highest BCUT2D eigenvalue weighted by Gasteiger charge is 2.32. The van der Waals surface area contributed by atoms with Crippen LogP contribution in [0.25, 0.3) is 0 Å². The van der Waals surface area contributed by atoms with Gasteiger partial charge in [0.15, 0.2) is 0 Å². The topological polar surface area (TPSA) is 102 Å². The Morgan fingerprint density at radius 1 is 0.917 bits per heavy atom. The van der Waals surface area contributed by atoms with Crippen LogP contribution in [0.5, 0.6) is 0 Å². The van der Waals surface area contributed by atoms with Crippen molar-refractivity contribution in [3.63, 3.8) is 0 Å². The number of unbranched alkanes of at least 4 members (excludes halogenated alkanes) is 2. The lowest BCUT2D eigenvalue weighted by atomic mass is 9.95. The van der Waals surface area contributed by atoms with E-state index in [1.54, 1.807) is 0 Å². The van der Waals surface area contributed by atoms with Crippen LogP contribution in [-0.4, -0.2) is 41.9 Å². The minimum atomic E-state index is -0.605. The second kappa shape index (κ2) is 13.5. The predicted octanol–water partition coefficient (Wildman–Crippen LogP) is 3.89. The Labute approximate surface area is 211 Å². The number of ether oxygens (including phenoxy) is 1. The molecule has 1 fully saturated rings. The van der Waals surface area contributed by atoms with Crippen LogP contribution in [0, 0.1) is 13.8 Å². The summed E-state index contributed by atoms with van der Waals surface area (Å²) in [7, 11) is 0. The number of nitrogens with one attached hydrogen (secondary N) is 1. The average Bonchev–Trinajstić information content (AvgIpc) is 3.17. The molecule has 3 rings (SSSR count). The van der Waals surface area contributed by atoms with Crippen molar-refractivity contribution < 1.29 is 28.8 Å². The summed E-state index contributed by atoms with van der Waals surface area (Å²) in [6.45, 7) is 4.53. The van der Waals surface area contributed by atoms with Crippen molar-refractivity contribution in [2.24, 2.45) is 0 Å². The molecular weight excluding hydrogens is 460 g/mol. The number of rotatable bonds is 13. The van der Waals surface area contributed by atoms with Crippen LogP contribution in [0.2, 0.25) is 0 Å². The fourth-order valence-corrected chi connectivity index (χ4v) is 4.08. The van der Waals surface area contributed by atoms with Gasteiger partial charge in [0.05, 0.1) is 6.10 Å². The predicted molar refractivity (Wildman–Crippen MR) is 133 cm³/mol. The molecule has 1 unspecified atom stereocenters. The van der Waals surface area contributed by atoms with E-state index in [0.717, 1.165) is 11.1 Å². The normalized spacial score (nSPS) is 14.1. The van der Waals surface area contributed by atoms with Crippen LogP contribution in [0.4, 0.5) is 0 Å². The molecule has 2 aromatic carbocycles. The Hall–Kier alpha value is -3.52. The van der Waals surface area contributed by atoms with Gasteiger partial charge in [-0.25, -0.2) is 4.79 Å². The van der Waals surface area contributed by atoms with Gasteiger partial charge in [0, 0.05) is 32.2 Å². The smallest absolute Gasteiger partial charge is 0.333 e. The molecule has 192 valence electrons. The lowest BCUT2D eigenvalue weighted by Gasteiger charge is -2.21. The summed E-state index contributed by atoms with van der Waals surface area (Å²) >= 11 is 0. The van der Waals surface area contributed by atoms with Crippen molar-refractivity contribution in [1.82, 2.24) is 10.4 Å². The monoisotopic (exact) mass is 494 g/mol. The number of carbonyl (C=O) groups is 4. The summed E-state index contributed by atoms with van der Waals surface area (Å²) in [6.07, 6.45) is 2.61. The van der Waals surface area contributed by atoms with E-state index in [-0.39, 0.29) is 37.9 Å². The highest BCUT2D eigenvalue weighted by Crippen LogP contribution is 2.26. The van der Waals surface area contributed by atoms with Crippen molar-refractivity contribution in [1.29, 1.82) is 0 Å². The first-order valence-corrected chi connectivity index (χ1v) is 12.4. The van der Waals surface area contributed by atoms with E-state index in [4.69, 9.17) is 9.57 Å². The molecule has 0 saturated carbocycles. The summed E-state index contributed by atoms with van der Waals surface area (Å²) < 4.78 is 6.09. The van der Waals surface area contributed by atoms with Crippen LogP contribution < -0.4 is 5.32 Å². The van der Waals surface area contributed by atoms with Gasteiger partial charge in [0.25, 0.3) is 11.8 Å². The zero-order valence-electron chi connectivity index (χ0n) is 21.0. The van der Waals surface area contributed by atoms with Gasteiger partial charge in [-0.15, -0.1) is 5.06 Å². The first-order chi connectivity index (χ1) is 17.3. The molecule has 8 nitrogen and oxygen atoms in total. The number of aryl methyl sites for hydroxylation is 2. The molecule has 36 heavy (non-hydrogen) atoms. The highest BCUT2D eigenvalue weighted by molar-refractivity contribution is 6.01. The van der Waals surface area contributed by atoms with Crippen LogP contribution in [0.1, 0.15) is 66.9 Å². The molecule has 1 aliphatic rings. The summed E-state index contributed by atoms with van der Waals surface area (Å²) in [5.74, 6) is -1.76. The lowest BCUT2D eigenvalue weighted by Crippen LogP contribution is -2.32. The summed E-state index contributed by atoms with van der Waals surface area (Å²) in [4.78, 5) is 52.0. The van der Waals surface area contributed by atoms with E-state index in [1.165, 1.54) is 11.1 Å². The average molecular weight is 495 g/mol. The molecule has 8 heteroatoms. The Morgan fingerprint density at radius 3 is 2.28 bits per heavy atom. The first kappa shape index (κ1) is 27.1. The lowest BCUT2D eigenvalue weighted by molar-refractivity contribution is -0.197. The van der Waals surface area contributed by atoms with Crippen LogP contribution in [0.3, 0.4) is 0 Å². The quantitative estimate of drug-likeness (QED) is 0.335. The maximum absolute atomic E-state index is 12.4. The second-order valence-corrected chi connectivity index (χ2v) is 8.99. The van der Waals surface area contributed by atoms with Crippen molar-refractivity contribution in [2.75, 3.05) is 13.2 Å². The van der Waals surface area contributed by atoms with Gasteiger partial charge in [0.1, 0.15) is 6.61 Å². The molecule has 1 N–H and O–H groups in total. The third kappa shape index (κ3) is 8.02. The molecule has 1 saturated heterocycles. The molecule has 1 atom stereocenters. The number of hydroxylamine groups is 2. The Bertz CT molecular complexity index is 1070. The van der Waals surface area contributed by atoms with Crippen LogP contribution in [0.15, 0.2) is 48.5 Å². The van der Waals surface area contributed by atoms with Crippen molar-refractivity contribution in [3.05, 3.63) is 70.8 Å².